The molecular weight excluding hydrogens is 194 g/mol. The van der Waals surface area contributed by atoms with E-state index in [4.69, 9.17) is 5.11 Å². The van der Waals surface area contributed by atoms with E-state index in [1.54, 1.807) is 18.6 Å². The van der Waals surface area contributed by atoms with E-state index in [2.05, 4.69) is 9.97 Å². The van der Waals surface area contributed by atoms with Crippen LogP contribution in [-0.4, -0.2) is 25.4 Å². The predicted octanol–water partition coefficient (Wildman–Crippen LogP) is 1.05. The minimum Gasteiger partial charge on any atom is -0.481 e. The lowest BCUT2D eigenvalue weighted by molar-refractivity contribution is -0.137. The molecule has 0 saturated carbocycles. The molecule has 2 heterocycles. The van der Waals surface area contributed by atoms with Crippen LogP contribution in [0.5, 0.6) is 0 Å². The minimum atomic E-state index is -0.807. The van der Waals surface area contributed by atoms with Crippen molar-refractivity contribution in [1.82, 2.24) is 14.4 Å². The van der Waals surface area contributed by atoms with Crippen LogP contribution >= 0.6 is 0 Å². The van der Waals surface area contributed by atoms with E-state index in [-0.39, 0.29) is 6.42 Å². The number of carbonyl (C=O) groups is 1. The van der Waals surface area contributed by atoms with E-state index in [0.717, 1.165) is 17.0 Å². The molecule has 0 aliphatic heterocycles. The van der Waals surface area contributed by atoms with Gasteiger partial charge in [0.05, 0.1) is 23.8 Å². The largest absolute Gasteiger partial charge is 0.481 e. The van der Waals surface area contributed by atoms with Gasteiger partial charge in [0.1, 0.15) is 5.82 Å². The van der Waals surface area contributed by atoms with E-state index >= 15 is 0 Å². The van der Waals surface area contributed by atoms with Crippen molar-refractivity contribution in [2.75, 3.05) is 0 Å². The second-order valence-corrected chi connectivity index (χ2v) is 3.34. The number of aliphatic carboxylic acids is 1. The summed E-state index contributed by atoms with van der Waals surface area (Å²) in [4.78, 5) is 18.8. The quantitative estimate of drug-likeness (QED) is 0.813. The summed E-state index contributed by atoms with van der Waals surface area (Å²) >= 11 is 0. The normalized spacial score (nSPS) is 10.7. The molecule has 0 unspecified atom stereocenters. The van der Waals surface area contributed by atoms with Crippen molar-refractivity contribution in [3.63, 3.8) is 0 Å². The first-order valence-electron chi connectivity index (χ1n) is 4.68. The van der Waals surface area contributed by atoms with E-state index in [1.165, 1.54) is 0 Å². The first kappa shape index (κ1) is 9.64. The van der Waals surface area contributed by atoms with Crippen molar-refractivity contribution in [2.45, 2.75) is 19.8 Å². The van der Waals surface area contributed by atoms with Gasteiger partial charge in [-0.05, 0) is 6.92 Å². The van der Waals surface area contributed by atoms with Gasteiger partial charge in [0.2, 0.25) is 0 Å². The molecule has 15 heavy (non-hydrogen) atoms. The fourth-order valence-corrected chi connectivity index (χ4v) is 1.55. The summed E-state index contributed by atoms with van der Waals surface area (Å²) < 4.78 is 1.88. The van der Waals surface area contributed by atoms with Gasteiger partial charge in [-0.15, -0.1) is 0 Å². The molecule has 0 aromatic carbocycles. The molecule has 1 N–H and O–H groups in total. The van der Waals surface area contributed by atoms with E-state index in [1.807, 2.05) is 11.3 Å². The molecule has 2 aromatic heterocycles. The molecule has 5 nitrogen and oxygen atoms in total. The molecule has 0 saturated heterocycles. The molecule has 2 rings (SSSR count). The zero-order valence-electron chi connectivity index (χ0n) is 8.34. The van der Waals surface area contributed by atoms with Crippen LogP contribution in [-0.2, 0) is 11.2 Å². The Kier molecular flexibility index (Phi) is 2.37. The Labute approximate surface area is 86.4 Å². The number of nitrogens with zero attached hydrogens (tertiary/aromatic N) is 3. The van der Waals surface area contributed by atoms with Crippen LogP contribution in [0.25, 0.3) is 5.52 Å². The van der Waals surface area contributed by atoms with Gasteiger partial charge in [0.25, 0.3) is 0 Å². The third-order valence-electron chi connectivity index (χ3n) is 2.27. The Morgan fingerprint density at radius 3 is 3.13 bits per heavy atom. The highest BCUT2D eigenvalue weighted by atomic mass is 16.4. The van der Waals surface area contributed by atoms with Gasteiger partial charge in [-0.1, -0.05) is 0 Å². The SMILES string of the molecule is Cc1nc(CCC(=O)O)n2ccncc12. The summed E-state index contributed by atoms with van der Waals surface area (Å²) in [5.41, 5.74) is 1.81. The Morgan fingerprint density at radius 2 is 2.40 bits per heavy atom. The molecule has 0 bridgehead atoms. The number of hydrogen-bond acceptors (Lipinski definition) is 3. The summed E-state index contributed by atoms with van der Waals surface area (Å²) in [7, 11) is 0. The average molecular weight is 205 g/mol. The lowest BCUT2D eigenvalue weighted by atomic mass is 10.3. The maximum absolute atomic E-state index is 10.5. The zero-order valence-corrected chi connectivity index (χ0v) is 8.34. The zero-order chi connectivity index (χ0) is 10.8. The van der Waals surface area contributed by atoms with Crippen LogP contribution in [0.1, 0.15) is 17.9 Å². The molecule has 0 radical (unpaired) electrons. The number of rotatable bonds is 3. The number of carboxylic acid groups (broad SMARTS) is 1. The number of aryl methyl sites for hydroxylation is 2. The van der Waals surface area contributed by atoms with Gasteiger partial charge in [-0.25, -0.2) is 4.98 Å². The molecule has 0 aliphatic carbocycles. The van der Waals surface area contributed by atoms with Crippen LogP contribution in [0, 0.1) is 6.92 Å². The molecule has 0 spiro atoms. The molecule has 0 atom stereocenters. The lowest BCUT2D eigenvalue weighted by Gasteiger charge is -1.97. The smallest absolute Gasteiger partial charge is 0.303 e. The third-order valence-corrected chi connectivity index (χ3v) is 2.27. The van der Waals surface area contributed by atoms with Gasteiger partial charge < -0.3 is 9.51 Å². The Bertz CT molecular complexity index is 504. The number of aromatic nitrogens is 3. The molecule has 5 heteroatoms. The standard InChI is InChI=1S/C10H11N3O2/c1-7-8-6-11-4-5-13(8)9(12-7)2-3-10(14)15/h4-6H,2-3H2,1H3,(H,14,15). The van der Waals surface area contributed by atoms with E-state index in [0.29, 0.717) is 6.42 Å². The monoisotopic (exact) mass is 205 g/mol. The number of hydrogen-bond donors (Lipinski definition) is 1. The minimum absolute atomic E-state index is 0.0981. The van der Waals surface area contributed by atoms with Gasteiger partial charge in [0.15, 0.2) is 0 Å². The van der Waals surface area contributed by atoms with Gasteiger partial charge in [-0.2, -0.15) is 0 Å². The van der Waals surface area contributed by atoms with Crippen molar-refractivity contribution in [2.24, 2.45) is 0 Å². The predicted molar refractivity (Wildman–Crippen MR) is 53.7 cm³/mol. The number of imidazole rings is 1. The molecule has 0 aliphatic rings. The lowest BCUT2D eigenvalue weighted by Crippen LogP contribution is -2.01. The van der Waals surface area contributed by atoms with Crippen LogP contribution in [0.4, 0.5) is 0 Å². The fourth-order valence-electron chi connectivity index (χ4n) is 1.55. The maximum Gasteiger partial charge on any atom is 0.303 e. The summed E-state index contributed by atoms with van der Waals surface area (Å²) in [5.74, 6) is -0.0363. The first-order valence-corrected chi connectivity index (χ1v) is 4.68. The number of fused-ring (bicyclic) bond motifs is 1. The van der Waals surface area contributed by atoms with Crippen LogP contribution < -0.4 is 0 Å². The summed E-state index contributed by atoms with van der Waals surface area (Å²) in [5, 5.41) is 8.60. The Hall–Kier alpha value is -1.91. The fraction of sp³-hybridized carbons (Fsp3) is 0.300. The van der Waals surface area contributed by atoms with Gasteiger partial charge in [0, 0.05) is 18.8 Å². The topological polar surface area (TPSA) is 67.5 Å². The van der Waals surface area contributed by atoms with Crippen molar-refractivity contribution >= 4 is 11.5 Å². The van der Waals surface area contributed by atoms with Gasteiger partial charge >= 0.3 is 5.97 Å². The highest BCUT2D eigenvalue weighted by molar-refractivity contribution is 5.67. The van der Waals surface area contributed by atoms with Crippen molar-refractivity contribution in [3.05, 3.63) is 30.1 Å². The summed E-state index contributed by atoms with van der Waals surface area (Å²) in [6, 6.07) is 0. The molecular formula is C10H11N3O2. The highest BCUT2D eigenvalue weighted by Gasteiger charge is 2.08. The highest BCUT2D eigenvalue weighted by Crippen LogP contribution is 2.11. The van der Waals surface area contributed by atoms with E-state index in [9.17, 15) is 4.79 Å². The Morgan fingerprint density at radius 1 is 1.60 bits per heavy atom. The van der Waals surface area contributed by atoms with Crippen LogP contribution in [0.3, 0.4) is 0 Å². The second-order valence-electron chi connectivity index (χ2n) is 3.34. The van der Waals surface area contributed by atoms with Crippen molar-refractivity contribution in [3.8, 4) is 0 Å². The third kappa shape index (κ3) is 1.81. The molecule has 0 amide bonds. The molecule has 2 aromatic rings. The molecule has 78 valence electrons. The first-order chi connectivity index (χ1) is 7.18. The summed E-state index contributed by atoms with van der Waals surface area (Å²) in [6.45, 7) is 1.89. The van der Waals surface area contributed by atoms with E-state index < -0.39 is 5.97 Å². The van der Waals surface area contributed by atoms with Crippen molar-refractivity contribution in [1.29, 1.82) is 0 Å². The maximum atomic E-state index is 10.5. The van der Waals surface area contributed by atoms with Crippen molar-refractivity contribution < 1.29 is 9.90 Å². The van der Waals surface area contributed by atoms with Crippen LogP contribution in [0.15, 0.2) is 18.6 Å². The average Bonchev–Trinajstić information content (AvgIpc) is 2.54. The van der Waals surface area contributed by atoms with Crippen LogP contribution in [0.2, 0.25) is 0 Å². The Balaban J connectivity index is 2.39. The number of carboxylic acids is 1. The summed E-state index contributed by atoms with van der Waals surface area (Å²) in [6.07, 6.45) is 5.73. The second kappa shape index (κ2) is 3.68. The van der Waals surface area contributed by atoms with Gasteiger partial charge in [-0.3, -0.25) is 9.78 Å². The molecule has 0 fully saturated rings.